The lowest BCUT2D eigenvalue weighted by Gasteiger charge is -2.12. The van der Waals surface area contributed by atoms with Crippen molar-refractivity contribution in [3.05, 3.63) is 24.3 Å². The molecule has 2 N–H and O–H groups in total. The Bertz CT molecular complexity index is 263. The van der Waals surface area contributed by atoms with Gasteiger partial charge in [0.15, 0.2) is 0 Å². The highest BCUT2D eigenvalue weighted by atomic mass is 16.5. The fourth-order valence-corrected chi connectivity index (χ4v) is 1.27. The van der Waals surface area contributed by atoms with E-state index in [9.17, 15) is 0 Å². The van der Waals surface area contributed by atoms with Crippen LogP contribution in [-0.4, -0.2) is 26.8 Å². The Morgan fingerprint density at radius 3 is 2.36 bits per heavy atom. The second-order valence-electron chi connectivity index (χ2n) is 3.00. The van der Waals surface area contributed by atoms with Crippen LogP contribution < -0.4 is 10.6 Å². The van der Waals surface area contributed by atoms with E-state index in [4.69, 9.17) is 4.74 Å². The minimum absolute atomic E-state index is 0.723. The molecule has 14 heavy (non-hydrogen) atoms. The number of benzene rings is 1. The molecule has 0 aliphatic rings. The Morgan fingerprint density at radius 2 is 1.79 bits per heavy atom. The average molecular weight is 194 g/mol. The quantitative estimate of drug-likeness (QED) is 0.681. The predicted octanol–water partition coefficient (Wildman–Crippen LogP) is 2.18. The molecule has 78 valence electrons. The maximum Gasteiger partial charge on any atom is 0.0635 e. The van der Waals surface area contributed by atoms with Crippen LogP contribution in [0.3, 0.4) is 0 Å². The highest BCUT2D eigenvalue weighted by Crippen LogP contribution is 2.19. The van der Waals surface area contributed by atoms with Crippen LogP contribution in [0.25, 0.3) is 0 Å². The van der Waals surface area contributed by atoms with E-state index in [2.05, 4.69) is 29.7 Å². The molecule has 0 spiro atoms. The molecule has 3 nitrogen and oxygen atoms in total. The van der Waals surface area contributed by atoms with E-state index >= 15 is 0 Å². The van der Waals surface area contributed by atoms with Gasteiger partial charge in [-0.05, 0) is 19.1 Å². The molecule has 0 bridgehead atoms. The first kappa shape index (κ1) is 10.9. The van der Waals surface area contributed by atoms with Crippen LogP contribution in [0.5, 0.6) is 0 Å². The fraction of sp³-hybridized carbons (Fsp3) is 0.455. The molecular weight excluding hydrogens is 176 g/mol. The maximum absolute atomic E-state index is 4.98. The van der Waals surface area contributed by atoms with Crippen LogP contribution in [0, 0.1) is 0 Å². The summed E-state index contributed by atoms with van der Waals surface area (Å²) in [5.41, 5.74) is 2.28. The van der Waals surface area contributed by atoms with Crippen molar-refractivity contribution in [2.75, 3.05) is 37.4 Å². The number of hydrogen-bond acceptors (Lipinski definition) is 3. The van der Waals surface area contributed by atoms with Crippen molar-refractivity contribution in [1.29, 1.82) is 0 Å². The van der Waals surface area contributed by atoms with Crippen molar-refractivity contribution < 1.29 is 4.74 Å². The summed E-state index contributed by atoms with van der Waals surface area (Å²) < 4.78 is 4.98. The summed E-state index contributed by atoms with van der Waals surface area (Å²) >= 11 is 0. The summed E-state index contributed by atoms with van der Waals surface area (Å²) in [7, 11) is 1.71. The van der Waals surface area contributed by atoms with Crippen LogP contribution in [0.2, 0.25) is 0 Å². The number of methoxy groups -OCH3 is 1. The van der Waals surface area contributed by atoms with Gasteiger partial charge in [-0.15, -0.1) is 0 Å². The van der Waals surface area contributed by atoms with E-state index in [1.807, 2.05) is 12.1 Å². The third-order valence-electron chi connectivity index (χ3n) is 1.92. The smallest absolute Gasteiger partial charge is 0.0635 e. The van der Waals surface area contributed by atoms with Crippen molar-refractivity contribution in [3.8, 4) is 0 Å². The lowest BCUT2D eigenvalue weighted by molar-refractivity contribution is 0.211. The highest BCUT2D eigenvalue weighted by Gasteiger charge is 1.97. The summed E-state index contributed by atoms with van der Waals surface area (Å²) in [5.74, 6) is 0. The van der Waals surface area contributed by atoms with Crippen molar-refractivity contribution in [2.24, 2.45) is 0 Å². The Kier molecular flexibility index (Phi) is 4.86. The maximum atomic E-state index is 4.98. The molecule has 0 saturated heterocycles. The summed E-state index contributed by atoms with van der Waals surface area (Å²) in [4.78, 5) is 0. The Morgan fingerprint density at radius 1 is 1.14 bits per heavy atom. The second kappa shape index (κ2) is 6.27. The highest BCUT2D eigenvalue weighted by molar-refractivity contribution is 5.68. The largest absolute Gasteiger partial charge is 0.384 e. The standard InChI is InChI=1S/C11H18N2O/c1-3-12-10-6-4-5-7-11(10)13-8-9-14-2/h4-7,12-13H,3,8-9H2,1-2H3. The Hall–Kier alpha value is -1.22. The minimum Gasteiger partial charge on any atom is -0.384 e. The lowest BCUT2D eigenvalue weighted by atomic mass is 10.2. The molecule has 0 fully saturated rings. The van der Waals surface area contributed by atoms with E-state index in [1.165, 1.54) is 0 Å². The van der Waals surface area contributed by atoms with E-state index in [0.717, 1.165) is 31.1 Å². The lowest BCUT2D eigenvalue weighted by Crippen LogP contribution is -2.09. The van der Waals surface area contributed by atoms with Crippen LogP contribution in [0.1, 0.15) is 6.92 Å². The van der Waals surface area contributed by atoms with Gasteiger partial charge >= 0.3 is 0 Å². The molecular formula is C11H18N2O. The first-order valence-electron chi connectivity index (χ1n) is 4.94. The van der Waals surface area contributed by atoms with Gasteiger partial charge in [0.05, 0.1) is 18.0 Å². The molecule has 0 radical (unpaired) electrons. The van der Waals surface area contributed by atoms with Gasteiger partial charge in [-0.2, -0.15) is 0 Å². The van der Waals surface area contributed by atoms with Crippen LogP contribution >= 0.6 is 0 Å². The van der Waals surface area contributed by atoms with Crippen molar-refractivity contribution >= 4 is 11.4 Å². The molecule has 3 heteroatoms. The van der Waals surface area contributed by atoms with Crippen LogP contribution in [0.4, 0.5) is 11.4 Å². The molecule has 0 heterocycles. The minimum atomic E-state index is 0.723. The van der Waals surface area contributed by atoms with Gasteiger partial charge in [-0.25, -0.2) is 0 Å². The summed E-state index contributed by atoms with van der Waals surface area (Å²) in [6.07, 6.45) is 0. The van der Waals surface area contributed by atoms with E-state index < -0.39 is 0 Å². The number of para-hydroxylation sites is 2. The summed E-state index contributed by atoms with van der Waals surface area (Å²) in [5, 5.41) is 6.61. The van der Waals surface area contributed by atoms with Crippen LogP contribution in [0.15, 0.2) is 24.3 Å². The van der Waals surface area contributed by atoms with Gasteiger partial charge in [-0.1, -0.05) is 12.1 Å². The molecule has 0 atom stereocenters. The molecule has 0 unspecified atom stereocenters. The SMILES string of the molecule is CCNc1ccccc1NCCOC. The zero-order valence-corrected chi connectivity index (χ0v) is 8.84. The summed E-state index contributed by atoms with van der Waals surface area (Å²) in [6.45, 7) is 4.58. The van der Waals surface area contributed by atoms with Crippen molar-refractivity contribution in [1.82, 2.24) is 0 Å². The normalized spacial score (nSPS) is 9.86. The predicted molar refractivity (Wildman–Crippen MR) is 61.0 cm³/mol. The molecule has 1 aromatic rings. The molecule has 0 aromatic heterocycles. The summed E-state index contributed by atoms with van der Waals surface area (Å²) in [6, 6.07) is 8.18. The molecule has 1 aromatic carbocycles. The van der Waals surface area contributed by atoms with Crippen molar-refractivity contribution in [2.45, 2.75) is 6.92 Å². The van der Waals surface area contributed by atoms with Gasteiger partial charge in [-0.3, -0.25) is 0 Å². The first-order chi connectivity index (χ1) is 6.88. The number of rotatable bonds is 6. The number of ether oxygens (including phenoxy) is 1. The zero-order chi connectivity index (χ0) is 10.2. The second-order valence-corrected chi connectivity index (χ2v) is 3.00. The van der Waals surface area contributed by atoms with E-state index in [0.29, 0.717) is 0 Å². The topological polar surface area (TPSA) is 33.3 Å². The van der Waals surface area contributed by atoms with Gasteiger partial charge in [0.2, 0.25) is 0 Å². The van der Waals surface area contributed by atoms with Crippen molar-refractivity contribution in [3.63, 3.8) is 0 Å². The molecule has 1 rings (SSSR count). The third-order valence-corrected chi connectivity index (χ3v) is 1.92. The Balaban J connectivity index is 2.55. The average Bonchev–Trinajstić information content (AvgIpc) is 2.21. The third kappa shape index (κ3) is 3.26. The van der Waals surface area contributed by atoms with Gasteiger partial charge in [0.25, 0.3) is 0 Å². The van der Waals surface area contributed by atoms with Gasteiger partial charge in [0, 0.05) is 20.2 Å². The van der Waals surface area contributed by atoms with E-state index in [1.54, 1.807) is 7.11 Å². The fourth-order valence-electron chi connectivity index (χ4n) is 1.27. The van der Waals surface area contributed by atoms with Gasteiger partial charge < -0.3 is 15.4 Å². The number of anilines is 2. The first-order valence-corrected chi connectivity index (χ1v) is 4.94. The molecule has 0 amide bonds. The molecule has 0 aliphatic heterocycles. The molecule has 0 saturated carbocycles. The number of nitrogens with one attached hydrogen (secondary N) is 2. The Labute approximate surface area is 85.5 Å². The monoisotopic (exact) mass is 194 g/mol. The molecule has 0 aliphatic carbocycles. The van der Waals surface area contributed by atoms with Crippen LogP contribution in [-0.2, 0) is 4.74 Å². The zero-order valence-electron chi connectivity index (χ0n) is 8.84. The van der Waals surface area contributed by atoms with Gasteiger partial charge in [0.1, 0.15) is 0 Å². The number of hydrogen-bond donors (Lipinski definition) is 2. The van der Waals surface area contributed by atoms with E-state index in [-0.39, 0.29) is 0 Å².